The molecule has 0 aliphatic rings. The van der Waals surface area contributed by atoms with Crippen molar-refractivity contribution in [3.8, 4) is 11.1 Å². The Bertz CT molecular complexity index is 1490. The van der Waals surface area contributed by atoms with Crippen molar-refractivity contribution < 1.29 is 0 Å². The SMILES string of the molecule is Cn1cc(-c2cnc3ccc4ccc(NCc5ccccc5Cl)cc4c(=O)c3c2)cn1. The van der Waals surface area contributed by atoms with Crippen molar-refractivity contribution in [2.45, 2.75) is 6.54 Å². The summed E-state index contributed by atoms with van der Waals surface area (Å²) in [6.45, 7) is 0.575. The first kappa shape index (κ1) is 19.3. The monoisotopic (exact) mass is 426 g/mol. The maximum Gasteiger partial charge on any atom is 0.195 e. The molecule has 0 saturated heterocycles. The first-order chi connectivity index (χ1) is 15.1. The highest BCUT2D eigenvalue weighted by atomic mass is 35.5. The first-order valence-corrected chi connectivity index (χ1v) is 10.3. The molecule has 31 heavy (non-hydrogen) atoms. The average molecular weight is 427 g/mol. The predicted molar refractivity (Wildman–Crippen MR) is 126 cm³/mol. The van der Waals surface area contributed by atoms with Gasteiger partial charge in [0.05, 0.1) is 11.7 Å². The van der Waals surface area contributed by atoms with Gasteiger partial charge in [-0.2, -0.15) is 5.10 Å². The summed E-state index contributed by atoms with van der Waals surface area (Å²) in [5.74, 6) is 0. The van der Waals surface area contributed by atoms with E-state index in [0.29, 0.717) is 27.9 Å². The van der Waals surface area contributed by atoms with Gasteiger partial charge in [-0.05, 0) is 41.3 Å². The molecule has 0 aliphatic carbocycles. The van der Waals surface area contributed by atoms with Gasteiger partial charge in [-0.25, -0.2) is 0 Å². The van der Waals surface area contributed by atoms with Crippen molar-refractivity contribution >= 4 is 39.0 Å². The van der Waals surface area contributed by atoms with Gasteiger partial charge in [-0.1, -0.05) is 41.9 Å². The second-order valence-electron chi connectivity index (χ2n) is 7.47. The van der Waals surface area contributed by atoms with Gasteiger partial charge in [0, 0.05) is 58.6 Å². The molecule has 0 bridgehead atoms. The molecule has 3 aromatic carbocycles. The van der Waals surface area contributed by atoms with Crippen molar-refractivity contribution in [2.24, 2.45) is 7.05 Å². The quantitative estimate of drug-likeness (QED) is 0.417. The minimum atomic E-state index is -0.0466. The van der Waals surface area contributed by atoms with Crippen LogP contribution in [0.5, 0.6) is 0 Å². The molecule has 0 atom stereocenters. The molecule has 5 rings (SSSR count). The maximum absolute atomic E-state index is 13.4. The molecule has 0 fully saturated rings. The summed E-state index contributed by atoms with van der Waals surface area (Å²) in [5, 5.41) is 10.4. The van der Waals surface area contributed by atoms with E-state index in [4.69, 9.17) is 11.6 Å². The van der Waals surface area contributed by atoms with Crippen molar-refractivity contribution in [1.29, 1.82) is 0 Å². The summed E-state index contributed by atoms with van der Waals surface area (Å²) in [4.78, 5) is 18.0. The number of fused-ring (bicyclic) bond motifs is 2. The molecule has 0 unspecified atom stereocenters. The Morgan fingerprint density at radius 2 is 1.81 bits per heavy atom. The number of hydrogen-bond donors (Lipinski definition) is 1. The largest absolute Gasteiger partial charge is 0.381 e. The number of nitrogens with one attached hydrogen (secondary N) is 1. The molecule has 152 valence electrons. The van der Waals surface area contributed by atoms with Crippen LogP contribution in [0.1, 0.15) is 5.56 Å². The maximum atomic E-state index is 13.4. The summed E-state index contributed by atoms with van der Waals surface area (Å²) in [7, 11) is 1.86. The molecule has 2 heterocycles. The molecular formula is C25H19ClN4O. The van der Waals surface area contributed by atoms with Gasteiger partial charge in [-0.3, -0.25) is 14.5 Å². The molecule has 0 saturated carbocycles. The summed E-state index contributed by atoms with van der Waals surface area (Å²) in [6, 6.07) is 19.3. The lowest BCUT2D eigenvalue weighted by Gasteiger charge is -2.08. The average Bonchev–Trinajstić information content (AvgIpc) is 3.17. The van der Waals surface area contributed by atoms with E-state index < -0.39 is 0 Å². The van der Waals surface area contributed by atoms with Crippen LogP contribution < -0.4 is 10.7 Å². The standard InChI is InChI=1S/C25H19ClN4O/c1-30-15-19(14-29-30)18-10-22-24(28-13-18)9-7-16-6-8-20(11-21(16)25(22)31)27-12-17-4-2-3-5-23(17)26/h2-11,13-15,27H,12H2,1H3. The van der Waals surface area contributed by atoms with Gasteiger partial charge in [-0.15, -0.1) is 0 Å². The summed E-state index contributed by atoms with van der Waals surface area (Å²) < 4.78 is 1.73. The lowest BCUT2D eigenvalue weighted by Crippen LogP contribution is -2.03. The Hall–Kier alpha value is -3.70. The Morgan fingerprint density at radius 3 is 2.61 bits per heavy atom. The van der Waals surface area contributed by atoms with E-state index in [2.05, 4.69) is 15.4 Å². The molecule has 0 radical (unpaired) electrons. The zero-order valence-corrected chi connectivity index (χ0v) is 17.6. The second kappa shape index (κ2) is 7.85. The van der Waals surface area contributed by atoms with Crippen molar-refractivity contribution in [2.75, 3.05) is 5.32 Å². The van der Waals surface area contributed by atoms with Gasteiger partial charge in [0.2, 0.25) is 0 Å². The number of anilines is 1. The number of aromatic nitrogens is 3. The van der Waals surface area contributed by atoms with Crippen LogP contribution in [0.3, 0.4) is 0 Å². The molecule has 2 aromatic heterocycles. The minimum absolute atomic E-state index is 0.0466. The molecule has 5 aromatic rings. The number of halogens is 1. The molecule has 0 aliphatic heterocycles. The number of hydrogen-bond acceptors (Lipinski definition) is 4. The third kappa shape index (κ3) is 3.76. The van der Waals surface area contributed by atoms with Gasteiger partial charge >= 0.3 is 0 Å². The normalized spacial score (nSPS) is 11.2. The molecule has 0 amide bonds. The number of pyridine rings is 1. The smallest absolute Gasteiger partial charge is 0.195 e. The van der Waals surface area contributed by atoms with Crippen LogP contribution in [-0.2, 0) is 13.6 Å². The first-order valence-electron chi connectivity index (χ1n) is 9.92. The van der Waals surface area contributed by atoms with Gasteiger partial charge in [0.1, 0.15) is 0 Å². The van der Waals surface area contributed by atoms with Crippen LogP contribution in [0.4, 0.5) is 5.69 Å². The molecule has 0 spiro atoms. The second-order valence-corrected chi connectivity index (χ2v) is 7.88. The highest BCUT2D eigenvalue weighted by Crippen LogP contribution is 2.24. The fourth-order valence-corrected chi connectivity index (χ4v) is 3.88. The fraction of sp³-hybridized carbons (Fsp3) is 0.0800. The topological polar surface area (TPSA) is 59.8 Å². The Kier molecular flexibility index (Phi) is 4.88. The summed E-state index contributed by atoms with van der Waals surface area (Å²) >= 11 is 6.26. The van der Waals surface area contributed by atoms with E-state index in [1.807, 2.05) is 73.9 Å². The van der Waals surface area contributed by atoms with Crippen LogP contribution >= 0.6 is 11.6 Å². The van der Waals surface area contributed by atoms with Crippen LogP contribution in [0, 0.1) is 0 Å². The summed E-state index contributed by atoms with van der Waals surface area (Å²) in [6.07, 6.45) is 5.45. The van der Waals surface area contributed by atoms with Gasteiger partial charge < -0.3 is 5.32 Å². The number of nitrogens with zero attached hydrogens (tertiary/aromatic N) is 3. The minimum Gasteiger partial charge on any atom is -0.381 e. The lowest BCUT2D eigenvalue weighted by atomic mass is 10.1. The highest BCUT2D eigenvalue weighted by molar-refractivity contribution is 6.31. The Morgan fingerprint density at radius 1 is 0.968 bits per heavy atom. The zero-order chi connectivity index (χ0) is 21.4. The zero-order valence-electron chi connectivity index (χ0n) is 16.8. The van der Waals surface area contributed by atoms with Crippen LogP contribution in [0.2, 0.25) is 5.02 Å². The van der Waals surface area contributed by atoms with E-state index >= 15 is 0 Å². The molecule has 6 heteroatoms. The third-order valence-corrected chi connectivity index (χ3v) is 5.73. The van der Waals surface area contributed by atoms with Crippen LogP contribution in [0.15, 0.2) is 84.0 Å². The lowest BCUT2D eigenvalue weighted by molar-refractivity contribution is 0.768. The van der Waals surface area contributed by atoms with E-state index in [-0.39, 0.29) is 5.43 Å². The van der Waals surface area contributed by atoms with E-state index in [0.717, 1.165) is 27.8 Å². The highest BCUT2D eigenvalue weighted by Gasteiger charge is 2.08. The number of benzene rings is 2. The Labute approximate surface area is 183 Å². The molecule has 5 nitrogen and oxygen atoms in total. The van der Waals surface area contributed by atoms with E-state index in [1.54, 1.807) is 17.1 Å². The van der Waals surface area contributed by atoms with E-state index in [1.165, 1.54) is 0 Å². The van der Waals surface area contributed by atoms with E-state index in [9.17, 15) is 4.79 Å². The summed E-state index contributed by atoms with van der Waals surface area (Å²) in [5.41, 5.74) is 4.27. The van der Waals surface area contributed by atoms with Crippen molar-refractivity contribution in [3.05, 3.63) is 100 Å². The van der Waals surface area contributed by atoms with Gasteiger partial charge in [0.25, 0.3) is 0 Å². The predicted octanol–water partition coefficient (Wildman–Crippen LogP) is 5.41. The molecular weight excluding hydrogens is 408 g/mol. The van der Waals surface area contributed by atoms with Gasteiger partial charge in [0.15, 0.2) is 5.43 Å². The third-order valence-electron chi connectivity index (χ3n) is 5.36. The van der Waals surface area contributed by atoms with Crippen LogP contribution in [-0.4, -0.2) is 14.8 Å². The number of aryl methyl sites for hydroxylation is 1. The molecule has 1 N–H and O–H groups in total. The number of rotatable bonds is 4. The van der Waals surface area contributed by atoms with Crippen LogP contribution in [0.25, 0.3) is 32.8 Å². The van der Waals surface area contributed by atoms with Crippen molar-refractivity contribution in [3.63, 3.8) is 0 Å². The van der Waals surface area contributed by atoms with Crippen molar-refractivity contribution in [1.82, 2.24) is 14.8 Å². The fourth-order valence-electron chi connectivity index (χ4n) is 3.68. The Balaban J connectivity index is 1.59.